The van der Waals surface area contributed by atoms with Gasteiger partial charge < -0.3 is 4.74 Å². The monoisotopic (exact) mass is 325 g/mol. The number of hydrogen-bond acceptors (Lipinski definition) is 2. The van der Waals surface area contributed by atoms with E-state index in [9.17, 15) is 0 Å². The summed E-state index contributed by atoms with van der Waals surface area (Å²) < 4.78 is 6.03. The van der Waals surface area contributed by atoms with E-state index < -0.39 is 0 Å². The van der Waals surface area contributed by atoms with Crippen molar-refractivity contribution in [2.24, 2.45) is 5.92 Å². The lowest BCUT2D eigenvalue weighted by Crippen LogP contribution is -2.26. The molecule has 1 fully saturated rings. The van der Waals surface area contributed by atoms with Crippen molar-refractivity contribution in [2.75, 3.05) is 0 Å². The molecule has 2 nitrogen and oxygen atoms in total. The lowest BCUT2D eigenvalue weighted by molar-refractivity contribution is 0.0598. The molecule has 0 aliphatic heterocycles. The number of hydrogen-bond donors (Lipinski definition) is 0. The molecule has 1 unspecified atom stereocenters. The maximum Gasteiger partial charge on any atom is 0.100 e. The molecule has 1 aromatic carbocycles. The SMILES string of the molecule is CCCC/C=C/OC(CC)C1CCC(c2ccc(C#N)cc2)CC1. The van der Waals surface area contributed by atoms with Crippen LogP contribution in [0.25, 0.3) is 0 Å². The van der Waals surface area contributed by atoms with Crippen LogP contribution in [-0.2, 0) is 4.74 Å². The van der Waals surface area contributed by atoms with Crippen molar-refractivity contribution in [1.82, 2.24) is 0 Å². The molecule has 1 saturated carbocycles. The van der Waals surface area contributed by atoms with Crippen LogP contribution in [-0.4, -0.2) is 6.10 Å². The lowest BCUT2D eigenvalue weighted by Gasteiger charge is -2.33. The Balaban J connectivity index is 1.81. The Morgan fingerprint density at radius 3 is 2.46 bits per heavy atom. The van der Waals surface area contributed by atoms with Gasteiger partial charge in [-0.15, -0.1) is 0 Å². The number of ether oxygens (including phenoxy) is 1. The van der Waals surface area contributed by atoms with E-state index >= 15 is 0 Å². The smallest absolute Gasteiger partial charge is 0.100 e. The van der Waals surface area contributed by atoms with Crippen LogP contribution in [0.15, 0.2) is 36.6 Å². The van der Waals surface area contributed by atoms with Gasteiger partial charge in [0.1, 0.15) is 6.10 Å². The van der Waals surface area contributed by atoms with Gasteiger partial charge in [-0.3, -0.25) is 0 Å². The summed E-state index contributed by atoms with van der Waals surface area (Å²) in [6.45, 7) is 4.45. The van der Waals surface area contributed by atoms with Crippen LogP contribution in [0.5, 0.6) is 0 Å². The Bertz CT molecular complexity index is 532. The molecular weight excluding hydrogens is 294 g/mol. The van der Waals surface area contributed by atoms with Crippen LogP contribution in [0.2, 0.25) is 0 Å². The quantitative estimate of drug-likeness (QED) is 0.413. The zero-order valence-electron chi connectivity index (χ0n) is 15.2. The first-order valence-corrected chi connectivity index (χ1v) is 9.59. The summed E-state index contributed by atoms with van der Waals surface area (Å²) in [5.74, 6) is 1.33. The molecule has 1 atom stereocenters. The molecule has 0 saturated heterocycles. The highest BCUT2D eigenvalue weighted by Crippen LogP contribution is 2.38. The second kappa shape index (κ2) is 10.2. The maximum atomic E-state index is 8.91. The molecule has 0 heterocycles. The van der Waals surface area contributed by atoms with Crippen molar-refractivity contribution in [3.05, 3.63) is 47.7 Å². The lowest BCUT2D eigenvalue weighted by atomic mass is 9.76. The van der Waals surface area contributed by atoms with Crippen LogP contribution < -0.4 is 0 Å². The molecule has 1 aliphatic carbocycles. The van der Waals surface area contributed by atoms with Crippen LogP contribution in [0.4, 0.5) is 0 Å². The normalized spacial score (nSPS) is 22.2. The largest absolute Gasteiger partial charge is 0.498 e. The molecule has 0 N–H and O–H groups in total. The van der Waals surface area contributed by atoms with Gasteiger partial charge in [-0.1, -0.05) is 32.4 Å². The molecule has 0 radical (unpaired) electrons. The molecule has 2 rings (SSSR count). The highest BCUT2D eigenvalue weighted by molar-refractivity contribution is 5.33. The minimum absolute atomic E-state index is 0.366. The van der Waals surface area contributed by atoms with E-state index in [1.165, 1.54) is 44.1 Å². The second-order valence-electron chi connectivity index (χ2n) is 6.94. The Labute approximate surface area is 147 Å². The summed E-state index contributed by atoms with van der Waals surface area (Å²) in [4.78, 5) is 0. The number of nitrogens with zero attached hydrogens (tertiary/aromatic N) is 1. The molecule has 1 aliphatic rings. The van der Waals surface area contributed by atoms with Crippen molar-refractivity contribution < 1.29 is 4.74 Å². The Kier molecular flexibility index (Phi) is 7.89. The minimum Gasteiger partial charge on any atom is -0.498 e. The Morgan fingerprint density at radius 2 is 1.88 bits per heavy atom. The van der Waals surface area contributed by atoms with E-state index in [0.29, 0.717) is 17.9 Å². The van der Waals surface area contributed by atoms with Crippen LogP contribution in [0.1, 0.15) is 82.3 Å². The predicted molar refractivity (Wildman–Crippen MR) is 99.7 cm³/mol. The van der Waals surface area contributed by atoms with Gasteiger partial charge in [-0.05, 0) is 80.6 Å². The summed E-state index contributed by atoms with van der Waals surface area (Å²) in [6.07, 6.45) is 14.1. The predicted octanol–water partition coefficient (Wildman–Crippen LogP) is 6.33. The fourth-order valence-corrected chi connectivity index (χ4v) is 3.74. The summed E-state index contributed by atoms with van der Waals surface area (Å²) in [5, 5.41) is 8.91. The minimum atomic E-state index is 0.366. The molecular formula is C22H31NO. The highest BCUT2D eigenvalue weighted by Gasteiger charge is 2.28. The first-order chi connectivity index (χ1) is 11.8. The highest BCUT2D eigenvalue weighted by atomic mass is 16.5. The average molecular weight is 325 g/mol. The summed E-state index contributed by atoms with van der Waals surface area (Å²) >= 11 is 0. The van der Waals surface area contributed by atoms with Crippen molar-refractivity contribution in [3.8, 4) is 6.07 Å². The molecule has 0 amide bonds. The number of nitriles is 1. The van der Waals surface area contributed by atoms with Gasteiger partial charge in [0.2, 0.25) is 0 Å². The van der Waals surface area contributed by atoms with Crippen LogP contribution in [0, 0.1) is 17.2 Å². The zero-order chi connectivity index (χ0) is 17.2. The van der Waals surface area contributed by atoms with Crippen molar-refractivity contribution in [3.63, 3.8) is 0 Å². The van der Waals surface area contributed by atoms with Crippen molar-refractivity contribution in [2.45, 2.75) is 77.2 Å². The van der Waals surface area contributed by atoms with Crippen molar-refractivity contribution in [1.29, 1.82) is 5.26 Å². The number of rotatable bonds is 8. The average Bonchev–Trinajstić information content (AvgIpc) is 2.65. The van der Waals surface area contributed by atoms with Gasteiger partial charge in [0, 0.05) is 0 Å². The maximum absolute atomic E-state index is 8.91. The molecule has 130 valence electrons. The van der Waals surface area contributed by atoms with Crippen molar-refractivity contribution >= 4 is 0 Å². The van der Waals surface area contributed by atoms with E-state index in [1.54, 1.807) is 0 Å². The number of benzene rings is 1. The topological polar surface area (TPSA) is 33.0 Å². The first kappa shape index (κ1) is 18.6. The van der Waals surface area contributed by atoms with Gasteiger partial charge in [0.25, 0.3) is 0 Å². The van der Waals surface area contributed by atoms with Crippen LogP contribution >= 0.6 is 0 Å². The molecule has 0 bridgehead atoms. The second-order valence-corrected chi connectivity index (χ2v) is 6.94. The molecule has 0 aromatic heterocycles. The summed E-state index contributed by atoms with van der Waals surface area (Å²) in [7, 11) is 0. The van der Waals surface area contributed by atoms with Gasteiger partial charge in [-0.2, -0.15) is 5.26 Å². The van der Waals surface area contributed by atoms with E-state index in [-0.39, 0.29) is 0 Å². The summed E-state index contributed by atoms with van der Waals surface area (Å²) in [5.41, 5.74) is 2.14. The summed E-state index contributed by atoms with van der Waals surface area (Å²) in [6, 6.07) is 10.4. The zero-order valence-corrected chi connectivity index (χ0v) is 15.2. The molecule has 0 spiro atoms. The van der Waals surface area contributed by atoms with Gasteiger partial charge in [0.05, 0.1) is 17.9 Å². The van der Waals surface area contributed by atoms with E-state index in [1.807, 2.05) is 18.4 Å². The molecule has 24 heavy (non-hydrogen) atoms. The molecule has 2 heteroatoms. The first-order valence-electron chi connectivity index (χ1n) is 9.59. The van der Waals surface area contributed by atoms with E-state index in [2.05, 4.69) is 38.1 Å². The number of allylic oxidation sites excluding steroid dienone is 1. The van der Waals surface area contributed by atoms with Gasteiger partial charge in [-0.25, -0.2) is 0 Å². The number of unbranched alkanes of at least 4 members (excludes halogenated alkanes) is 2. The van der Waals surface area contributed by atoms with Gasteiger partial charge >= 0.3 is 0 Å². The Hall–Kier alpha value is -1.75. The fraction of sp³-hybridized carbons (Fsp3) is 0.591. The third-order valence-corrected chi connectivity index (χ3v) is 5.29. The standard InChI is InChI=1S/C22H31NO/c1-3-5-6-7-16-24-22(4-2)21-14-12-20(13-15-21)19-10-8-18(17-23)9-11-19/h7-11,16,20-22H,3-6,12-15H2,1-2H3/b16-7+. The third-order valence-electron chi connectivity index (χ3n) is 5.29. The molecule has 1 aromatic rings. The fourth-order valence-electron chi connectivity index (χ4n) is 3.74. The van der Waals surface area contributed by atoms with E-state index in [0.717, 1.165) is 18.4 Å². The third kappa shape index (κ3) is 5.41. The van der Waals surface area contributed by atoms with E-state index in [4.69, 9.17) is 10.00 Å². The Morgan fingerprint density at radius 1 is 1.17 bits per heavy atom. The van der Waals surface area contributed by atoms with Gasteiger partial charge in [0.15, 0.2) is 0 Å². The van der Waals surface area contributed by atoms with Crippen LogP contribution in [0.3, 0.4) is 0 Å².